The maximum atomic E-state index is 11.5. The predicted molar refractivity (Wildman–Crippen MR) is 53.0 cm³/mol. The number of Topliss-reactive ketones (excluding diaryl/α,β-unsaturated/α-hetero) is 1. The standard InChI is InChI=1S/C7H9BrClN3O/c1-12-6(7(8)10-11-12)5(13)3-2-4-9/h2-4H2,1H3. The van der Waals surface area contributed by atoms with Crippen LogP contribution in [0.2, 0.25) is 0 Å². The number of aryl methyl sites for hydroxylation is 1. The van der Waals surface area contributed by atoms with E-state index >= 15 is 0 Å². The van der Waals surface area contributed by atoms with Crippen LogP contribution < -0.4 is 0 Å². The number of carbonyl (C=O) groups excluding carboxylic acids is 1. The Balaban J connectivity index is 2.76. The molecule has 0 amide bonds. The van der Waals surface area contributed by atoms with E-state index in [0.29, 0.717) is 29.0 Å². The maximum Gasteiger partial charge on any atom is 0.183 e. The van der Waals surface area contributed by atoms with Crippen molar-refractivity contribution >= 4 is 33.3 Å². The third-order valence-electron chi connectivity index (χ3n) is 1.59. The molecule has 6 heteroatoms. The van der Waals surface area contributed by atoms with Crippen molar-refractivity contribution < 1.29 is 4.79 Å². The van der Waals surface area contributed by atoms with E-state index < -0.39 is 0 Å². The van der Waals surface area contributed by atoms with Gasteiger partial charge in [-0.05, 0) is 22.4 Å². The molecule has 0 bridgehead atoms. The summed E-state index contributed by atoms with van der Waals surface area (Å²) in [7, 11) is 1.69. The summed E-state index contributed by atoms with van der Waals surface area (Å²) < 4.78 is 1.95. The monoisotopic (exact) mass is 265 g/mol. The topological polar surface area (TPSA) is 47.8 Å². The smallest absolute Gasteiger partial charge is 0.183 e. The summed E-state index contributed by atoms with van der Waals surface area (Å²) in [4.78, 5) is 11.5. The largest absolute Gasteiger partial charge is 0.292 e. The van der Waals surface area contributed by atoms with Crippen molar-refractivity contribution in [2.45, 2.75) is 12.8 Å². The van der Waals surface area contributed by atoms with Gasteiger partial charge in [-0.1, -0.05) is 5.21 Å². The van der Waals surface area contributed by atoms with Crippen molar-refractivity contribution in [3.63, 3.8) is 0 Å². The molecule has 1 rings (SSSR count). The van der Waals surface area contributed by atoms with Gasteiger partial charge < -0.3 is 0 Å². The van der Waals surface area contributed by atoms with Gasteiger partial charge in [0.05, 0.1) is 0 Å². The lowest BCUT2D eigenvalue weighted by Gasteiger charge is -1.98. The highest BCUT2D eigenvalue weighted by molar-refractivity contribution is 9.10. The van der Waals surface area contributed by atoms with Gasteiger partial charge in [0.25, 0.3) is 0 Å². The van der Waals surface area contributed by atoms with Gasteiger partial charge in [0.15, 0.2) is 10.4 Å². The lowest BCUT2D eigenvalue weighted by molar-refractivity contribution is 0.0972. The first-order chi connectivity index (χ1) is 6.16. The molecular weight excluding hydrogens is 257 g/mol. The van der Waals surface area contributed by atoms with E-state index in [1.165, 1.54) is 4.68 Å². The van der Waals surface area contributed by atoms with Gasteiger partial charge in [0, 0.05) is 19.3 Å². The molecule has 0 N–H and O–H groups in total. The molecule has 0 aliphatic heterocycles. The summed E-state index contributed by atoms with van der Waals surface area (Å²) in [5.41, 5.74) is 0.505. The molecule has 0 saturated heterocycles. The van der Waals surface area contributed by atoms with Crippen molar-refractivity contribution in [1.29, 1.82) is 0 Å². The molecule has 13 heavy (non-hydrogen) atoms. The molecular formula is C7H9BrClN3O. The SMILES string of the molecule is Cn1nnc(Br)c1C(=O)CCCCl. The molecule has 4 nitrogen and oxygen atoms in total. The van der Waals surface area contributed by atoms with Crippen LogP contribution >= 0.6 is 27.5 Å². The summed E-state index contributed by atoms with van der Waals surface area (Å²) in [5, 5.41) is 7.43. The Labute approximate surface area is 89.4 Å². The van der Waals surface area contributed by atoms with E-state index in [1.54, 1.807) is 7.05 Å². The molecule has 1 aromatic heterocycles. The van der Waals surface area contributed by atoms with Crippen LogP contribution in [0.15, 0.2) is 4.60 Å². The van der Waals surface area contributed by atoms with Crippen molar-refractivity contribution in [1.82, 2.24) is 15.0 Å². The number of hydrogen-bond donors (Lipinski definition) is 0. The summed E-state index contributed by atoms with van der Waals surface area (Å²) in [6.07, 6.45) is 1.11. The Kier molecular flexibility index (Phi) is 3.87. The first kappa shape index (κ1) is 10.7. The fourth-order valence-electron chi connectivity index (χ4n) is 0.973. The highest BCUT2D eigenvalue weighted by Crippen LogP contribution is 2.14. The van der Waals surface area contributed by atoms with Crippen LogP contribution in [0.3, 0.4) is 0 Å². The van der Waals surface area contributed by atoms with Crippen LogP contribution in [0.1, 0.15) is 23.3 Å². The minimum absolute atomic E-state index is 0.0139. The molecule has 0 radical (unpaired) electrons. The number of alkyl halides is 1. The summed E-state index contributed by atoms with van der Waals surface area (Å²) in [6, 6.07) is 0. The number of hydrogen-bond acceptors (Lipinski definition) is 3. The fraction of sp³-hybridized carbons (Fsp3) is 0.571. The van der Waals surface area contributed by atoms with Crippen molar-refractivity contribution in [3.05, 3.63) is 10.3 Å². The van der Waals surface area contributed by atoms with Crippen LogP contribution in [-0.4, -0.2) is 26.7 Å². The molecule has 0 aromatic carbocycles. The number of nitrogens with zero attached hydrogens (tertiary/aromatic N) is 3. The van der Waals surface area contributed by atoms with Crippen LogP contribution in [0.4, 0.5) is 0 Å². The van der Waals surface area contributed by atoms with Crippen LogP contribution in [0.25, 0.3) is 0 Å². The summed E-state index contributed by atoms with van der Waals surface area (Å²) in [6.45, 7) is 0. The number of rotatable bonds is 4. The second-order valence-electron chi connectivity index (χ2n) is 2.57. The van der Waals surface area contributed by atoms with E-state index in [4.69, 9.17) is 11.6 Å². The Morgan fingerprint density at radius 2 is 2.38 bits per heavy atom. The molecule has 1 aromatic rings. The van der Waals surface area contributed by atoms with E-state index in [-0.39, 0.29) is 5.78 Å². The minimum Gasteiger partial charge on any atom is -0.292 e. The molecule has 0 spiro atoms. The summed E-state index contributed by atoms with van der Waals surface area (Å²) in [5.74, 6) is 0.509. The molecule has 0 fully saturated rings. The maximum absolute atomic E-state index is 11.5. The average Bonchev–Trinajstić information content (AvgIpc) is 2.42. The van der Waals surface area contributed by atoms with Gasteiger partial charge in [-0.2, -0.15) is 0 Å². The number of ketones is 1. The Morgan fingerprint density at radius 1 is 1.69 bits per heavy atom. The van der Waals surface area contributed by atoms with Gasteiger partial charge in [-0.3, -0.25) is 4.79 Å². The zero-order valence-corrected chi connectivity index (χ0v) is 9.47. The first-order valence-corrected chi connectivity index (χ1v) is 5.14. The molecule has 0 atom stereocenters. The molecule has 0 unspecified atom stereocenters. The van der Waals surface area contributed by atoms with Crippen LogP contribution in [0, 0.1) is 0 Å². The fourth-order valence-corrected chi connectivity index (χ4v) is 1.66. The molecule has 0 aliphatic carbocycles. The van der Waals surface area contributed by atoms with Gasteiger partial charge in [-0.15, -0.1) is 16.7 Å². The van der Waals surface area contributed by atoms with Crippen LogP contribution in [-0.2, 0) is 7.05 Å². The van der Waals surface area contributed by atoms with Crippen molar-refractivity contribution in [2.75, 3.05) is 5.88 Å². The second kappa shape index (κ2) is 4.72. The molecule has 0 aliphatic rings. The Hall–Kier alpha value is -0.420. The van der Waals surface area contributed by atoms with E-state index in [0.717, 1.165) is 0 Å². The predicted octanol–water partition coefficient (Wildman–Crippen LogP) is 1.78. The highest BCUT2D eigenvalue weighted by atomic mass is 79.9. The lowest BCUT2D eigenvalue weighted by Crippen LogP contribution is -2.07. The third-order valence-corrected chi connectivity index (χ3v) is 2.39. The number of carbonyl (C=O) groups is 1. The highest BCUT2D eigenvalue weighted by Gasteiger charge is 2.15. The third kappa shape index (κ3) is 2.51. The van der Waals surface area contributed by atoms with E-state index in [1.807, 2.05) is 0 Å². The van der Waals surface area contributed by atoms with Gasteiger partial charge in [-0.25, -0.2) is 4.68 Å². The lowest BCUT2D eigenvalue weighted by atomic mass is 10.2. The van der Waals surface area contributed by atoms with Crippen LogP contribution in [0.5, 0.6) is 0 Å². The Morgan fingerprint density at radius 3 is 2.85 bits per heavy atom. The number of halogens is 2. The zero-order chi connectivity index (χ0) is 9.84. The van der Waals surface area contributed by atoms with Gasteiger partial charge in [0.1, 0.15) is 5.69 Å². The first-order valence-electron chi connectivity index (χ1n) is 3.81. The second-order valence-corrected chi connectivity index (χ2v) is 3.70. The van der Waals surface area contributed by atoms with Gasteiger partial charge >= 0.3 is 0 Å². The van der Waals surface area contributed by atoms with E-state index in [9.17, 15) is 4.79 Å². The zero-order valence-electron chi connectivity index (χ0n) is 7.13. The quantitative estimate of drug-likeness (QED) is 0.616. The van der Waals surface area contributed by atoms with E-state index in [2.05, 4.69) is 26.2 Å². The Bertz CT molecular complexity index is 293. The summed E-state index contributed by atoms with van der Waals surface area (Å²) >= 11 is 8.65. The molecule has 0 saturated carbocycles. The molecule has 1 heterocycles. The average molecular weight is 267 g/mol. The minimum atomic E-state index is 0.0139. The molecule has 72 valence electrons. The normalized spacial score (nSPS) is 10.4. The van der Waals surface area contributed by atoms with Crippen molar-refractivity contribution in [2.24, 2.45) is 7.05 Å². The van der Waals surface area contributed by atoms with Gasteiger partial charge in [0.2, 0.25) is 0 Å². The van der Waals surface area contributed by atoms with Crippen molar-refractivity contribution in [3.8, 4) is 0 Å². The number of aromatic nitrogens is 3.